The number of carbonyl (C=O) groups excluding carboxylic acids is 1. The number of carboxylic acid groups (broad SMARTS) is 1. The summed E-state index contributed by atoms with van der Waals surface area (Å²) in [5, 5.41) is 12.4. The van der Waals surface area contributed by atoms with Crippen molar-refractivity contribution in [1.29, 1.82) is 0 Å². The molecular formula is C14H22N2O4. The molecule has 4 atom stereocenters. The highest BCUT2D eigenvalue weighted by molar-refractivity contribution is 5.84. The van der Waals surface area contributed by atoms with Gasteiger partial charge in [-0.1, -0.05) is 6.42 Å². The zero-order valence-corrected chi connectivity index (χ0v) is 11.8. The first-order valence-corrected chi connectivity index (χ1v) is 7.39. The van der Waals surface area contributed by atoms with Gasteiger partial charge in [0.1, 0.15) is 6.04 Å². The normalized spacial score (nSPS) is 39.9. The number of rotatable bonds is 2. The van der Waals surface area contributed by atoms with Gasteiger partial charge >= 0.3 is 12.0 Å². The van der Waals surface area contributed by atoms with Gasteiger partial charge in [0.05, 0.1) is 12.1 Å². The van der Waals surface area contributed by atoms with Crippen molar-refractivity contribution in [1.82, 2.24) is 10.2 Å². The summed E-state index contributed by atoms with van der Waals surface area (Å²) in [4.78, 5) is 25.5. The Morgan fingerprint density at radius 2 is 2.20 bits per heavy atom. The minimum absolute atomic E-state index is 0.130. The molecule has 2 amide bonds. The molecule has 0 aromatic rings. The van der Waals surface area contributed by atoms with Crippen molar-refractivity contribution in [3.63, 3.8) is 0 Å². The van der Waals surface area contributed by atoms with Crippen LogP contribution in [0.3, 0.4) is 0 Å². The Hall–Kier alpha value is -1.30. The molecule has 3 fully saturated rings. The number of amides is 2. The number of ether oxygens (including phenoxy) is 1. The smallest absolute Gasteiger partial charge is 0.326 e. The fourth-order valence-corrected chi connectivity index (χ4v) is 3.93. The van der Waals surface area contributed by atoms with Gasteiger partial charge in [-0.2, -0.15) is 0 Å². The first-order valence-electron chi connectivity index (χ1n) is 7.39. The topological polar surface area (TPSA) is 78.9 Å². The zero-order chi connectivity index (χ0) is 14.3. The molecule has 3 aliphatic rings. The van der Waals surface area contributed by atoms with Crippen molar-refractivity contribution in [2.45, 2.75) is 44.2 Å². The lowest BCUT2D eigenvalue weighted by Crippen LogP contribution is -2.55. The number of hydrogen-bond donors (Lipinski definition) is 2. The average Bonchev–Trinajstić information content (AvgIpc) is 3.02. The molecule has 1 saturated carbocycles. The monoisotopic (exact) mass is 282 g/mol. The Balaban J connectivity index is 1.72. The molecule has 2 heterocycles. The lowest BCUT2D eigenvalue weighted by Gasteiger charge is -2.30. The Morgan fingerprint density at radius 3 is 2.85 bits per heavy atom. The highest BCUT2D eigenvalue weighted by Gasteiger charge is 2.50. The summed E-state index contributed by atoms with van der Waals surface area (Å²) in [7, 11) is 0. The maximum Gasteiger partial charge on any atom is 0.326 e. The number of hydrogen-bond acceptors (Lipinski definition) is 3. The summed E-state index contributed by atoms with van der Waals surface area (Å²) in [6, 6.07) is -0.909. The van der Waals surface area contributed by atoms with Crippen LogP contribution >= 0.6 is 0 Å². The van der Waals surface area contributed by atoms with Crippen LogP contribution in [0, 0.1) is 11.8 Å². The van der Waals surface area contributed by atoms with E-state index in [1.54, 1.807) is 0 Å². The molecule has 2 saturated heterocycles. The van der Waals surface area contributed by atoms with Crippen molar-refractivity contribution >= 4 is 12.0 Å². The first kappa shape index (κ1) is 13.7. The van der Waals surface area contributed by atoms with Crippen LogP contribution in [0.5, 0.6) is 0 Å². The number of carboxylic acids is 1. The molecule has 2 N–H and O–H groups in total. The lowest BCUT2D eigenvalue weighted by molar-refractivity contribution is -0.142. The summed E-state index contributed by atoms with van der Waals surface area (Å²) in [6.07, 6.45) is 3.82. The van der Waals surface area contributed by atoms with Gasteiger partial charge in [0.2, 0.25) is 0 Å². The minimum Gasteiger partial charge on any atom is -0.480 e. The van der Waals surface area contributed by atoms with E-state index in [0.29, 0.717) is 25.7 Å². The van der Waals surface area contributed by atoms with Gasteiger partial charge in [-0.15, -0.1) is 0 Å². The molecule has 0 aromatic carbocycles. The van der Waals surface area contributed by atoms with Crippen molar-refractivity contribution in [3.8, 4) is 0 Å². The third kappa shape index (κ3) is 2.26. The predicted octanol–water partition coefficient (Wildman–Crippen LogP) is 1.06. The fourth-order valence-electron chi connectivity index (χ4n) is 3.93. The van der Waals surface area contributed by atoms with Gasteiger partial charge in [-0.3, -0.25) is 0 Å². The van der Waals surface area contributed by atoms with Gasteiger partial charge < -0.3 is 20.1 Å². The molecule has 0 aromatic heterocycles. The second-order valence-corrected chi connectivity index (χ2v) is 6.58. The number of carbonyl (C=O) groups is 2. The zero-order valence-electron chi connectivity index (χ0n) is 11.8. The minimum atomic E-state index is -0.873. The van der Waals surface area contributed by atoms with Crippen molar-refractivity contribution in [3.05, 3.63) is 0 Å². The number of aliphatic carboxylic acids is 1. The van der Waals surface area contributed by atoms with E-state index in [-0.39, 0.29) is 17.5 Å². The Kier molecular flexibility index (Phi) is 3.36. The fraction of sp³-hybridized carbons (Fsp3) is 0.857. The Morgan fingerprint density at radius 1 is 1.40 bits per heavy atom. The maximum absolute atomic E-state index is 12.4. The van der Waals surface area contributed by atoms with Crippen LogP contribution in [0.4, 0.5) is 4.79 Å². The molecule has 6 nitrogen and oxygen atoms in total. The molecule has 0 spiro atoms. The van der Waals surface area contributed by atoms with Crippen molar-refractivity contribution in [2.24, 2.45) is 11.8 Å². The highest BCUT2D eigenvalue weighted by atomic mass is 16.5. The Bertz CT molecular complexity index is 419. The van der Waals surface area contributed by atoms with E-state index in [1.165, 1.54) is 4.90 Å². The van der Waals surface area contributed by atoms with Crippen LogP contribution in [0.25, 0.3) is 0 Å². The predicted molar refractivity (Wildman–Crippen MR) is 71.3 cm³/mol. The van der Waals surface area contributed by atoms with Crippen LogP contribution in [-0.2, 0) is 9.53 Å². The second kappa shape index (κ2) is 4.91. The average molecular weight is 282 g/mol. The largest absolute Gasteiger partial charge is 0.480 e. The van der Waals surface area contributed by atoms with E-state index in [4.69, 9.17) is 4.74 Å². The molecule has 0 bridgehead atoms. The highest BCUT2D eigenvalue weighted by Crippen LogP contribution is 2.42. The van der Waals surface area contributed by atoms with E-state index in [9.17, 15) is 14.7 Å². The van der Waals surface area contributed by atoms with Crippen molar-refractivity contribution < 1.29 is 19.4 Å². The van der Waals surface area contributed by atoms with Gasteiger partial charge in [0.25, 0.3) is 0 Å². The second-order valence-electron chi connectivity index (χ2n) is 6.58. The standard InChI is InChI=1S/C14H22N2O4/c1-14(5-6-20-8-14)15-13(19)16-7-9-3-2-4-10(9)11(16)12(17)18/h9-11H,2-8H2,1H3,(H,15,19)(H,17,18). The first-order chi connectivity index (χ1) is 9.50. The maximum atomic E-state index is 12.4. The van der Waals surface area contributed by atoms with E-state index >= 15 is 0 Å². The molecular weight excluding hydrogens is 260 g/mol. The molecule has 3 rings (SSSR count). The number of fused-ring (bicyclic) bond motifs is 1. The van der Waals surface area contributed by atoms with E-state index in [1.807, 2.05) is 6.92 Å². The number of likely N-dealkylation sites (tertiary alicyclic amines) is 1. The number of nitrogens with zero attached hydrogens (tertiary/aromatic N) is 1. The van der Waals surface area contributed by atoms with E-state index in [2.05, 4.69) is 5.32 Å². The molecule has 0 radical (unpaired) electrons. The van der Waals surface area contributed by atoms with Crippen LogP contribution in [0.1, 0.15) is 32.6 Å². The SMILES string of the molecule is CC1(NC(=O)N2CC3CCCC3C2C(=O)O)CCOC1. The summed E-state index contributed by atoms with van der Waals surface area (Å²) in [6.45, 7) is 3.66. The summed E-state index contributed by atoms with van der Waals surface area (Å²) in [5.41, 5.74) is -0.363. The van der Waals surface area contributed by atoms with Gasteiger partial charge in [-0.25, -0.2) is 9.59 Å². The summed E-state index contributed by atoms with van der Waals surface area (Å²) < 4.78 is 5.32. The van der Waals surface area contributed by atoms with Crippen LogP contribution < -0.4 is 5.32 Å². The van der Waals surface area contributed by atoms with Crippen LogP contribution in [0.15, 0.2) is 0 Å². The van der Waals surface area contributed by atoms with Crippen LogP contribution in [-0.4, -0.2) is 53.3 Å². The van der Waals surface area contributed by atoms with Gasteiger partial charge in [0, 0.05) is 13.2 Å². The third-order valence-electron chi connectivity index (χ3n) is 5.03. The number of nitrogens with one attached hydrogen (secondary N) is 1. The van der Waals surface area contributed by atoms with Gasteiger partial charge in [-0.05, 0) is 38.0 Å². The molecule has 6 heteroatoms. The molecule has 1 aliphatic carbocycles. The lowest BCUT2D eigenvalue weighted by atomic mass is 9.94. The van der Waals surface area contributed by atoms with Crippen LogP contribution in [0.2, 0.25) is 0 Å². The van der Waals surface area contributed by atoms with E-state index in [0.717, 1.165) is 25.7 Å². The Labute approximate surface area is 118 Å². The molecule has 2 aliphatic heterocycles. The quantitative estimate of drug-likeness (QED) is 0.794. The van der Waals surface area contributed by atoms with Crippen molar-refractivity contribution in [2.75, 3.05) is 19.8 Å². The van der Waals surface area contributed by atoms with E-state index < -0.39 is 12.0 Å². The third-order valence-corrected chi connectivity index (χ3v) is 5.03. The summed E-state index contributed by atoms with van der Waals surface area (Å²) >= 11 is 0. The summed E-state index contributed by atoms with van der Waals surface area (Å²) in [5.74, 6) is -0.386. The molecule has 4 unspecified atom stereocenters. The number of urea groups is 1. The molecule has 20 heavy (non-hydrogen) atoms. The molecule has 112 valence electrons. The van der Waals surface area contributed by atoms with Gasteiger partial charge in [0.15, 0.2) is 0 Å².